The number of allylic oxidation sites excluding steroid dienone is 1. The molecule has 0 atom stereocenters. The van der Waals surface area contributed by atoms with Gasteiger partial charge < -0.3 is 14.0 Å². The smallest absolute Gasteiger partial charge is 0.174 e. The van der Waals surface area contributed by atoms with Gasteiger partial charge in [0.25, 0.3) is 0 Å². The van der Waals surface area contributed by atoms with Crippen LogP contribution in [0.5, 0.6) is 11.5 Å². The number of nitriles is 1. The Bertz CT molecular complexity index is 848. The third-order valence-electron chi connectivity index (χ3n) is 4.51. The molecule has 1 aliphatic heterocycles. The van der Waals surface area contributed by atoms with Gasteiger partial charge in [-0.3, -0.25) is 0 Å². The Morgan fingerprint density at radius 3 is 2.85 bits per heavy atom. The Labute approximate surface area is 160 Å². The fraction of sp³-hybridized carbons (Fsp3) is 0.476. The predicted octanol–water partition coefficient (Wildman–Crippen LogP) is 4.26. The van der Waals surface area contributed by atoms with Crippen molar-refractivity contribution in [2.75, 3.05) is 13.2 Å². The normalized spacial score (nSPS) is 14.2. The Morgan fingerprint density at radius 1 is 1.19 bits per heavy atom. The van der Waals surface area contributed by atoms with Crippen LogP contribution in [0.3, 0.4) is 0 Å². The van der Waals surface area contributed by atoms with E-state index in [1.807, 2.05) is 31.2 Å². The van der Waals surface area contributed by atoms with Crippen LogP contribution < -0.4 is 9.47 Å². The summed E-state index contributed by atoms with van der Waals surface area (Å²) >= 11 is 0. The van der Waals surface area contributed by atoms with Gasteiger partial charge in [0.05, 0.1) is 18.8 Å². The molecule has 6 nitrogen and oxygen atoms in total. The van der Waals surface area contributed by atoms with Gasteiger partial charge in [-0.15, -0.1) is 10.2 Å². The van der Waals surface area contributed by atoms with E-state index < -0.39 is 0 Å². The molecule has 0 bridgehead atoms. The maximum Gasteiger partial charge on any atom is 0.174 e. The molecule has 27 heavy (non-hydrogen) atoms. The monoisotopic (exact) mass is 366 g/mol. The first-order valence-corrected chi connectivity index (χ1v) is 9.70. The van der Waals surface area contributed by atoms with Crippen LogP contribution >= 0.6 is 0 Å². The lowest BCUT2D eigenvalue weighted by Crippen LogP contribution is -2.05. The van der Waals surface area contributed by atoms with E-state index in [0.29, 0.717) is 30.4 Å². The van der Waals surface area contributed by atoms with Gasteiger partial charge in [0, 0.05) is 13.0 Å². The van der Waals surface area contributed by atoms with Crippen molar-refractivity contribution in [1.82, 2.24) is 14.8 Å². The summed E-state index contributed by atoms with van der Waals surface area (Å²) < 4.78 is 13.6. The van der Waals surface area contributed by atoms with Gasteiger partial charge >= 0.3 is 0 Å². The van der Waals surface area contributed by atoms with Crippen LogP contribution in [0.2, 0.25) is 0 Å². The van der Waals surface area contributed by atoms with Gasteiger partial charge in [-0.1, -0.05) is 19.4 Å². The van der Waals surface area contributed by atoms with Crippen LogP contribution in [-0.4, -0.2) is 28.0 Å². The highest BCUT2D eigenvalue weighted by Gasteiger charge is 2.18. The lowest BCUT2D eigenvalue weighted by atomic mass is 10.1. The van der Waals surface area contributed by atoms with Crippen LogP contribution in [-0.2, 0) is 13.0 Å². The summed E-state index contributed by atoms with van der Waals surface area (Å²) in [4.78, 5) is 0. The molecule has 0 N–H and O–H groups in total. The lowest BCUT2D eigenvalue weighted by molar-refractivity contribution is 0.277. The van der Waals surface area contributed by atoms with Gasteiger partial charge in [0.1, 0.15) is 11.9 Å². The number of rotatable bonds is 7. The van der Waals surface area contributed by atoms with Gasteiger partial charge in [0.2, 0.25) is 0 Å². The summed E-state index contributed by atoms with van der Waals surface area (Å²) in [5.41, 5.74) is 1.39. The van der Waals surface area contributed by atoms with Gasteiger partial charge in [-0.25, -0.2) is 0 Å². The molecule has 0 fully saturated rings. The molecule has 0 amide bonds. The van der Waals surface area contributed by atoms with E-state index in [0.717, 1.165) is 49.4 Å². The molecule has 2 aromatic rings. The number of aromatic nitrogens is 3. The van der Waals surface area contributed by atoms with Crippen molar-refractivity contribution >= 4 is 11.6 Å². The van der Waals surface area contributed by atoms with Crippen molar-refractivity contribution in [3.63, 3.8) is 0 Å². The van der Waals surface area contributed by atoms with Gasteiger partial charge in [-0.05, 0) is 50.0 Å². The Kier molecular flexibility index (Phi) is 6.48. The molecule has 0 saturated heterocycles. The SMILES string of the molecule is CCCOc1ccc(/C=C(\C#N)c2nnc3n2CCCCC3)cc1OCC. The number of fused-ring (bicyclic) bond motifs is 1. The minimum absolute atomic E-state index is 0.514. The van der Waals surface area contributed by atoms with E-state index in [9.17, 15) is 5.26 Å². The minimum atomic E-state index is 0.514. The maximum absolute atomic E-state index is 9.72. The van der Waals surface area contributed by atoms with Gasteiger partial charge in [0.15, 0.2) is 17.3 Å². The van der Waals surface area contributed by atoms with Crippen LogP contribution in [0, 0.1) is 11.3 Å². The third kappa shape index (κ3) is 4.48. The van der Waals surface area contributed by atoms with E-state index in [1.165, 1.54) is 6.42 Å². The van der Waals surface area contributed by atoms with Crippen LogP contribution in [0.25, 0.3) is 11.6 Å². The van der Waals surface area contributed by atoms with Gasteiger partial charge in [-0.2, -0.15) is 5.26 Å². The van der Waals surface area contributed by atoms with E-state index in [2.05, 4.69) is 27.8 Å². The second-order valence-corrected chi connectivity index (χ2v) is 6.56. The number of hydrogen-bond acceptors (Lipinski definition) is 5. The van der Waals surface area contributed by atoms with Crippen LogP contribution in [0.1, 0.15) is 56.7 Å². The second kappa shape index (κ2) is 9.22. The number of nitrogens with zero attached hydrogens (tertiary/aromatic N) is 4. The van der Waals surface area contributed by atoms with Crippen molar-refractivity contribution in [2.24, 2.45) is 0 Å². The number of benzene rings is 1. The summed E-state index contributed by atoms with van der Waals surface area (Å²) in [6.45, 7) is 6.07. The highest BCUT2D eigenvalue weighted by molar-refractivity contribution is 5.87. The molecule has 6 heteroatoms. The van der Waals surface area contributed by atoms with E-state index in [4.69, 9.17) is 9.47 Å². The molecule has 142 valence electrons. The number of hydrogen-bond donors (Lipinski definition) is 0. The molecule has 0 aliphatic carbocycles. The molecule has 0 radical (unpaired) electrons. The summed E-state index contributed by atoms with van der Waals surface area (Å²) in [6.07, 6.45) is 7.10. The predicted molar refractivity (Wildman–Crippen MR) is 104 cm³/mol. The minimum Gasteiger partial charge on any atom is -0.490 e. The Morgan fingerprint density at radius 2 is 2.07 bits per heavy atom. The molecular formula is C21H26N4O2. The average Bonchev–Trinajstić information content (AvgIpc) is 2.93. The van der Waals surface area contributed by atoms with E-state index >= 15 is 0 Å². The summed E-state index contributed by atoms with van der Waals surface area (Å²) in [5.74, 6) is 3.04. The zero-order chi connectivity index (χ0) is 19.1. The largest absolute Gasteiger partial charge is 0.490 e. The zero-order valence-corrected chi connectivity index (χ0v) is 16.1. The quantitative estimate of drug-likeness (QED) is 0.685. The highest BCUT2D eigenvalue weighted by atomic mass is 16.5. The van der Waals surface area contributed by atoms with E-state index in [1.54, 1.807) is 0 Å². The van der Waals surface area contributed by atoms with Crippen LogP contribution in [0.15, 0.2) is 18.2 Å². The summed E-state index contributed by atoms with van der Waals surface area (Å²) in [6, 6.07) is 8.03. The topological polar surface area (TPSA) is 73.0 Å². The standard InChI is InChI=1S/C21H26N4O2/c1-3-12-27-18-10-9-16(14-19(18)26-4-2)13-17(15-22)21-24-23-20-8-6-5-7-11-25(20)21/h9-10,13-14H,3-8,11-12H2,1-2H3/b17-13+. The summed E-state index contributed by atoms with van der Waals surface area (Å²) in [5, 5.41) is 18.3. The molecular weight excluding hydrogens is 340 g/mol. The van der Waals surface area contributed by atoms with E-state index in [-0.39, 0.29) is 0 Å². The maximum atomic E-state index is 9.72. The molecule has 1 aromatic carbocycles. The van der Waals surface area contributed by atoms with Crippen molar-refractivity contribution < 1.29 is 9.47 Å². The Hall–Kier alpha value is -2.81. The lowest BCUT2D eigenvalue weighted by Gasteiger charge is -2.12. The molecule has 3 rings (SSSR count). The van der Waals surface area contributed by atoms with Crippen molar-refractivity contribution in [1.29, 1.82) is 5.26 Å². The second-order valence-electron chi connectivity index (χ2n) is 6.56. The zero-order valence-electron chi connectivity index (χ0n) is 16.1. The first-order chi connectivity index (χ1) is 13.3. The Balaban J connectivity index is 1.93. The number of aryl methyl sites for hydroxylation is 1. The molecule has 2 heterocycles. The third-order valence-corrected chi connectivity index (χ3v) is 4.51. The molecule has 0 spiro atoms. The number of ether oxygens (including phenoxy) is 2. The molecule has 0 unspecified atom stereocenters. The van der Waals surface area contributed by atoms with Crippen LogP contribution in [0.4, 0.5) is 0 Å². The van der Waals surface area contributed by atoms with Crippen molar-refractivity contribution in [3.8, 4) is 17.6 Å². The first kappa shape index (κ1) is 19.0. The fourth-order valence-corrected chi connectivity index (χ4v) is 3.21. The fourth-order valence-electron chi connectivity index (χ4n) is 3.21. The van der Waals surface area contributed by atoms with Crippen molar-refractivity contribution in [2.45, 2.75) is 52.5 Å². The van der Waals surface area contributed by atoms with Crippen molar-refractivity contribution in [3.05, 3.63) is 35.4 Å². The molecule has 1 aromatic heterocycles. The average molecular weight is 366 g/mol. The first-order valence-electron chi connectivity index (χ1n) is 9.70. The molecule has 1 aliphatic rings. The molecule has 0 saturated carbocycles. The summed E-state index contributed by atoms with van der Waals surface area (Å²) in [7, 11) is 0. The highest BCUT2D eigenvalue weighted by Crippen LogP contribution is 2.30.